The highest BCUT2D eigenvalue weighted by atomic mass is 19.4. The topological polar surface area (TPSA) is 58.5 Å². The van der Waals surface area contributed by atoms with Gasteiger partial charge in [-0.2, -0.15) is 13.2 Å². The number of pyridine rings is 1. The molecule has 5 nitrogen and oxygen atoms in total. The van der Waals surface area contributed by atoms with Crippen LogP contribution in [0.5, 0.6) is 5.75 Å². The van der Waals surface area contributed by atoms with E-state index in [0.717, 1.165) is 11.3 Å². The van der Waals surface area contributed by atoms with Gasteiger partial charge in [0.05, 0.1) is 12.2 Å². The van der Waals surface area contributed by atoms with Crippen LogP contribution in [0.2, 0.25) is 0 Å². The molecule has 0 atom stereocenters. The summed E-state index contributed by atoms with van der Waals surface area (Å²) in [6, 6.07) is 12.1. The Morgan fingerprint density at radius 1 is 1.12 bits per heavy atom. The lowest BCUT2D eigenvalue weighted by atomic mass is 10.2. The Balaban J connectivity index is 1.84. The molecule has 0 bridgehead atoms. The van der Waals surface area contributed by atoms with E-state index in [0.29, 0.717) is 19.0 Å². The van der Waals surface area contributed by atoms with Crippen LogP contribution in [0.25, 0.3) is 0 Å². The van der Waals surface area contributed by atoms with E-state index in [1.165, 1.54) is 6.07 Å². The van der Waals surface area contributed by atoms with Crippen molar-refractivity contribution in [1.29, 1.82) is 0 Å². The van der Waals surface area contributed by atoms with Gasteiger partial charge in [0.2, 0.25) is 0 Å². The molecule has 0 amide bonds. The van der Waals surface area contributed by atoms with E-state index in [9.17, 15) is 13.2 Å². The van der Waals surface area contributed by atoms with Crippen LogP contribution in [-0.4, -0.2) is 30.8 Å². The normalized spacial score (nSPS) is 11.9. The van der Waals surface area contributed by atoms with Gasteiger partial charge in [0.25, 0.3) is 0 Å². The summed E-state index contributed by atoms with van der Waals surface area (Å²) in [4.78, 5) is 8.30. The van der Waals surface area contributed by atoms with Gasteiger partial charge in [-0.3, -0.25) is 9.98 Å². The average Bonchev–Trinajstić information content (AvgIpc) is 2.61. The maximum atomic E-state index is 12.2. The number of nitrogens with one attached hydrogen (secondary N) is 2. The van der Waals surface area contributed by atoms with Crippen LogP contribution in [0.15, 0.2) is 53.7 Å². The number of nitrogens with zero attached hydrogens (tertiary/aromatic N) is 2. The first-order valence-electron chi connectivity index (χ1n) is 7.59. The van der Waals surface area contributed by atoms with Crippen LogP contribution < -0.4 is 15.4 Å². The molecule has 0 radical (unpaired) electrons. The molecule has 1 heterocycles. The van der Waals surface area contributed by atoms with Gasteiger partial charge in [-0.15, -0.1) is 0 Å². The minimum Gasteiger partial charge on any atom is -0.484 e. The van der Waals surface area contributed by atoms with E-state index < -0.39 is 12.8 Å². The van der Waals surface area contributed by atoms with E-state index in [1.807, 2.05) is 18.2 Å². The lowest BCUT2D eigenvalue weighted by Crippen LogP contribution is -2.36. The third-order valence-electron chi connectivity index (χ3n) is 3.15. The maximum Gasteiger partial charge on any atom is 0.422 e. The molecule has 134 valence electrons. The molecule has 0 fully saturated rings. The summed E-state index contributed by atoms with van der Waals surface area (Å²) in [5.41, 5.74) is 1.65. The highest BCUT2D eigenvalue weighted by Crippen LogP contribution is 2.19. The zero-order chi connectivity index (χ0) is 18.1. The Hall–Kier alpha value is -2.77. The van der Waals surface area contributed by atoms with Gasteiger partial charge in [0.15, 0.2) is 12.6 Å². The van der Waals surface area contributed by atoms with E-state index in [4.69, 9.17) is 4.74 Å². The molecule has 1 aromatic carbocycles. The standard InChI is InChI=1S/C17H19F3N4O/c1-21-16(24-11-14-6-2-3-8-22-14)23-10-13-5-4-7-15(9-13)25-12-17(18,19)20/h2-9H,10-12H2,1H3,(H2,21,23,24). The molecule has 0 aliphatic rings. The monoisotopic (exact) mass is 352 g/mol. The summed E-state index contributed by atoms with van der Waals surface area (Å²) < 4.78 is 41.3. The Labute approximate surface area is 144 Å². The fourth-order valence-corrected chi connectivity index (χ4v) is 1.99. The van der Waals surface area contributed by atoms with Crippen LogP contribution in [0.1, 0.15) is 11.3 Å². The molecular formula is C17H19F3N4O. The summed E-state index contributed by atoms with van der Waals surface area (Å²) >= 11 is 0. The van der Waals surface area contributed by atoms with Crippen molar-refractivity contribution < 1.29 is 17.9 Å². The van der Waals surface area contributed by atoms with Gasteiger partial charge in [-0.05, 0) is 29.8 Å². The second-order valence-electron chi connectivity index (χ2n) is 5.15. The number of hydrogen-bond acceptors (Lipinski definition) is 3. The first-order valence-corrected chi connectivity index (χ1v) is 7.59. The van der Waals surface area contributed by atoms with Crippen LogP contribution in [0.4, 0.5) is 13.2 Å². The number of aliphatic imine (C=N–C) groups is 1. The highest BCUT2D eigenvalue weighted by Gasteiger charge is 2.28. The number of halogens is 3. The Kier molecular flexibility index (Phi) is 6.62. The van der Waals surface area contributed by atoms with Crippen LogP contribution in [0.3, 0.4) is 0 Å². The minimum absolute atomic E-state index is 0.174. The zero-order valence-corrected chi connectivity index (χ0v) is 13.7. The predicted molar refractivity (Wildman–Crippen MR) is 89.3 cm³/mol. The summed E-state index contributed by atoms with van der Waals surface area (Å²) in [7, 11) is 1.64. The van der Waals surface area contributed by atoms with Crippen molar-refractivity contribution in [3.05, 3.63) is 59.9 Å². The number of ether oxygens (including phenoxy) is 1. The number of guanidine groups is 1. The molecule has 0 unspecified atom stereocenters. The smallest absolute Gasteiger partial charge is 0.422 e. The summed E-state index contributed by atoms with van der Waals surface area (Å²) in [6.07, 6.45) is -2.65. The number of rotatable bonds is 6. The van der Waals surface area contributed by atoms with E-state index in [1.54, 1.807) is 31.4 Å². The fraction of sp³-hybridized carbons (Fsp3) is 0.294. The van der Waals surface area contributed by atoms with Crippen molar-refractivity contribution in [3.8, 4) is 5.75 Å². The van der Waals surface area contributed by atoms with Crippen LogP contribution in [0, 0.1) is 0 Å². The molecule has 2 N–H and O–H groups in total. The summed E-state index contributed by atoms with van der Waals surface area (Å²) in [6.45, 7) is -0.405. The molecule has 2 aromatic rings. The average molecular weight is 352 g/mol. The molecular weight excluding hydrogens is 333 g/mol. The van der Waals surface area contributed by atoms with Crippen molar-refractivity contribution in [1.82, 2.24) is 15.6 Å². The van der Waals surface area contributed by atoms with Gasteiger partial charge in [0.1, 0.15) is 5.75 Å². The first-order chi connectivity index (χ1) is 12.0. The molecule has 0 aliphatic carbocycles. The molecule has 1 aromatic heterocycles. The van der Waals surface area contributed by atoms with Crippen LogP contribution in [-0.2, 0) is 13.1 Å². The molecule has 8 heteroatoms. The fourth-order valence-electron chi connectivity index (χ4n) is 1.99. The zero-order valence-electron chi connectivity index (χ0n) is 13.7. The Morgan fingerprint density at radius 2 is 1.92 bits per heavy atom. The van der Waals surface area contributed by atoms with Crippen LogP contribution >= 0.6 is 0 Å². The van der Waals surface area contributed by atoms with Crippen molar-refractivity contribution in [2.75, 3.05) is 13.7 Å². The lowest BCUT2D eigenvalue weighted by molar-refractivity contribution is -0.153. The van der Waals surface area contributed by atoms with Gasteiger partial charge >= 0.3 is 6.18 Å². The number of benzene rings is 1. The Morgan fingerprint density at radius 3 is 2.60 bits per heavy atom. The SMILES string of the molecule is CN=C(NCc1cccc(OCC(F)(F)F)c1)NCc1ccccn1. The summed E-state index contributed by atoms with van der Waals surface area (Å²) in [5.74, 6) is 0.736. The predicted octanol–water partition coefficient (Wildman–Crippen LogP) is 2.89. The van der Waals surface area contributed by atoms with Gasteiger partial charge in [-0.25, -0.2) is 0 Å². The third kappa shape index (κ3) is 7.11. The first kappa shape index (κ1) is 18.6. The highest BCUT2D eigenvalue weighted by molar-refractivity contribution is 5.79. The largest absolute Gasteiger partial charge is 0.484 e. The number of alkyl halides is 3. The quantitative estimate of drug-likeness (QED) is 0.620. The van der Waals surface area contributed by atoms with Gasteiger partial charge < -0.3 is 15.4 Å². The molecule has 0 aliphatic heterocycles. The lowest BCUT2D eigenvalue weighted by Gasteiger charge is -2.13. The second-order valence-corrected chi connectivity index (χ2v) is 5.15. The molecule has 0 saturated heterocycles. The van der Waals surface area contributed by atoms with Crippen molar-refractivity contribution in [2.45, 2.75) is 19.3 Å². The number of aromatic nitrogens is 1. The Bertz CT molecular complexity index is 690. The van der Waals surface area contributed by atoms with Crippen molar-refractivity contribution in [2.24, 2.45) is 4.99 Å². The van der Waals surface area contributed by atoms with E-state index >= 15 is 0 Å². The number of hydrogen-bond donors (Lipinski definition) is 2. The van der Waals surface area contributed by atoms with E-state index in [2.05, 4.69) is 20.6 Å². The molecule has 25 heavy (non-hydrogen) atoms. The minimum atomic E-state index is -4.36. The van der Waals surface area contributed by atoms with Gasteiger partial charge in [-0.1, -0.05) is 18.2 Å². The van der Waals surface area contributed by atoms with E-state index in [-0.39, 0.29) is 5.75 Å². The maximum absolute atomic E-state index is 12.2. The molecule has 0 saturated carbocycles. The van der Waals surface area contributed by atoms with Crippen molar-refractivity contribution in [3.63, 3.8) is 0 Å². The van der Waals surface area contributed by atoms with Crippen molar-refractivity contribution >= 4 is 5.96 Å². The summed E-state index contributed by atoms with van der Waals surface area (Å²) in [5, 5.41) is 6.20. The second kappa shape index (κ2) is 8.91. The molecule has 2 rings (SSSR count). The molecule has 0 spiro atoms. The van der Waals surface area contributed by atoms with Gasteiger partial charge in [0, 0.05) is 19.8 Å². The third-order valence-corrected chi connectivity index (χ3v) is 3.15.